The lowest BCUT2D eigenvalue weighted by atomic mass is 9.89. The third-order valence-electron chi connectivity index (χ3n) is 4.08. The van der Waals surface area contributed by atoms with Gasteiger partial charge < -0.3 is 9.57 Å². The van der Waals surface area contributed by atoms with Crippen LogP contribution in [0.3, 0.4) is 0 Å². The van der Waals surface area contributed by atoms with Crippen LogP contribution in [0.15, 0.2) is 24.3 Å². The lowest BCUT2D eigenvalue weighted by Crippen LogP contribution is -2.36. The van der Waals surface area contributed by atoms with Crippen molar-refractivity contribution in [3.63, 3.8) is 0 Å². The molecule has 1 aromatic rings. The van der Waals surface area contributed by atoms with Gasteiger partial charge in [-0.3, -0.25) is 4.79 Å². The summed E-state index contributed by atoms with van der Waals surface area (Å²) in [6.45, 7) is 0.325. The number of rotatable bonds is 2. The van der Waals surface area contributed by atoms with Gasteiger partial charge in [-0.25, -0.2) is 4.79 Å². The van der Waals surface area contributed by atoms with Crippen molar-refractivity contribution < 1.29 is 19.2 Å². The lowest BCUT2D eigenvalue weighted by Gasteiger charge is -2.24. The number of nitrogens with zero attached hydrogens (tertiary/aromatic N) is 1. The first kappa shape index (κ1) is 14.1. The number of amides is 1. The monoisotopic (exact) mass is 289 g/mol. The predicted molar refractivity (Wildman–Crippen MR) is 74.9 cm³/mol. The van der Waals surface area contributed by atoms with Gasteiger partial charge in [-0.2, -0.15) is 0 Å². The number of carbonyl (C=O) groups is 2. The van der Waals surface area contributed by atoms with Crippen LogP contribution < -0.4 is 0 Å². The molecule has 5 heteroatoms. The normalized spacial score (nSPS) is 19.8. The van der Waals surface area contributed by atoms with Crippen molar-refractivity contribution in [2.75, 3.05) is 6.73 Å². The number of fused-ring (bicyclic) bond motifs is 1. The summed E-state index contributed by atoms with van der Waals surface area (Å²) in [4.78, 5) is 29.9. The SMILES string of the molecule is O=C(ON1COCc2ccccc2C1=O)C1CCCCC1. The van der Waals surface area contributed by atoms with E-state index in [0.717, 1.165) is 36.3 Å². The fourth-order valence-corrected chi connectivity index (χ4v) is 2.88. The molecule has 1 heterocycles. The van der Waals surface area contributed by atoms with Crippen LogP contribution >= 0.6 is 0 Å². The van der Waals surface area contributed by atoms with E-state index >= 15 is 0 Å². The van der Waals surface area contributed by atoms with Crippen LogP contribution in [-0.4, -0.2) is 23.7 Å². The highest BCUT2D eigenvalue weighted by molar-refractivity contribution is 5.95. The van der Waals surface area contributed by atoms with Gasteiger partial charge in [-0.05, 0) is 24.5 Å². The van der Waals surface area contributed by atoms with Gasteiger partial charge in [0.2, 0.25) is 0 Å². The van der Waals surface area contributed by atoms with Crippen molar-refractivity contribution >= 4 is 11.9 Å². The highest BCUT2D eigenvalue weighted by atomic mass is 16.7. The minimum atomic E-state index is -0.314. The molecule has 0 N–H and O–H groups in total. The minimum absolute atomic E-state index is 0.0219. The van der Waals surface area contributed by atoms with Gasteiger partial charge in [0.1, 0.15) is 0 Å². The maximum absolute atomic E-state index is 12.4. The number of hydroxylamine groups is 2. The molecule has 0 bridgehead atoms. The van der Waals surface area contributed by atoms with Crippen molar-refractivity contribution in [3.05, 3.63) is 35.4 Å². The molecule has 1 aliphatic carbocycles. The van der Waals surface area contributed by atoms with Gasteiger partial charge in [-0.1, -0.05) is 37.5 Å². The average Bonchev–Trinajstić information content (AvgIpc) is 2.69. The molecular formula is C16H19NO4. The Morgan fingerprint density at radius 1 is 1.19 bits per heavy atom. The van der Waals surface area contributed by atoms with Gasteiger partial charge in [0.05, 0.1) is 12.5 Å². The summed E-state index contributed by atoms with van der Waals surface area (Å²) in [5, 5.41) is 1.04. The highest BCUT2D eigenvalue weighted by Gasteiger charge is 2.29. The maximum atomic E-state index is 12.4. The third kappa shape index (κ3) is 3.08. The first-order valence-electron chi connectivity index (χ1n) is 7.45. The number of hydrogen-bond donors (Lipinski definition) is 0. The Labute approximate surface area is 123 Å². The molecule has 3 rings (SSSR count). The summed E-state index contributed by atoms with van der Waals surface area (Å²) in [5.41, 5.74) is 1.35. The molecule has 1 fully saturated rings. The van der Waals surface area contributed by atoms with Crippen LogP contribution in [0.2, 0.25) is 0 Å². The van der Waals surface area contributed by atoms with Crippen molar-refractivity contribution in [1.82, 2.24) is 5.06 Å². The van der Waals surface area contributed by atoms with Crippen LogP contribution in [0.5, 0.6) is 0 Å². The molecule has 112 valence electrons. The molecule has 0 atom stereocenters. The molecule has 2 aliphatic rings. The first-order chi connectivity index (χ1) is 10.3. The van der Waals surface area contributed by atoms with Crippen molar-refractivity contribution in [2.45, 2.75) is 38.7 Å². The molecule has 0 spiro atoms. The van der Waals surface area contributed by atoms with E-state index in [2.05, 4.69) is 0 Å². The summed E-state index contributed by atoms with van der Waals surface area (Å²) < 4.78 is 5.42. The van der Waals surface area contributed by atoms with Crippen molar-refractivity contribution in [1.29, 1.82) is 0 Å². The lowest BCUT2D eigenvalue weighted by molar-refractivity contribution is -0.200. The van der Waals surface area contributed by atoms with Gasteiger partial charge in [0.15, 0.2) is 6.73 Å². The van der Waals surface area contributed by atoms with E-state index in [9.17, 15) is 9.59 Å². The van der Waals surface area contributed by atoms with Crippen molar-refractivity contribution in [3.8, 4) is 0 Å². The van der Waals surface area contributed by atoms with E-state index in [4.69, 9.17) is 9.57 Å². The Bertz CT molecular complexity index is 537. The number of benzene rings is 1. The number of ether oxygens (including phenoxy) is 1. The standard InChI is InChI=1S/C16H19NO4/c18-15-14-9-5-4-8-13(14)10-20-11-17(15)21-16(19)12-6-2-1-3-7-12/h4-5,8-9,12H,1-3,6-7,10-11H2. The molecule has 1 aromatic carbocycles. The Hall–Kier alpha value is -1.88. The van der Waals surface area contributed by atoms with Gasteiger partial charge >= 0.3 is 5.97 Å². The molecule has 21 heavy (non-hydrogen) atoms. The van der Waals surface area contributed by atoms with E-state index in [1.54, 1.807) is 12.1 Å². The molecular weight excluding hydrogens is 270 g/mol. The van der Waals surface area contributed by atoms with Crippen LogP contribution in [-0.2, 0) is 21.0 Å². The zero-order valence-corrected chi connectivity index (χ0v) is 11.9. The van der Waals surface area contributed by atoms with E-state index in [-0.39, 0.29) is 24.5 Å². The molecule has 1 amide bonds. The first-order valence-corrected chi connectivity index (χ1v) is 7.45. The molecule has 1 saturated carbocycles. The second-order valence-corrected chi connectivity index (χ2v) is 5.56. The summed E-state index contributed by atoms with van der Waals surface area (Å²) in [6.07, 6.45) is 4.96. The number of hydrogen-bond acceptors (Lipinski definition) is 4. The molecule has 1 aliphatic heterocycles. The molecule has 0 saturated heterocycles. The Kier molecular flexibility index (Phi) is 4.20. The maximum Gasteiger partial charge on any atom is 0.335 e. The van der Waals surface area contributed by atoms with E-state index in [0.29, 0.717) is 12.2 Å². The second-order valence-electron chi connectivity index (χ2n) is 5.56. The van der Waals surface area contributed by atoms with E-state index in [1.165, 1.54) is 6.42 Å². The minimum Gasteiger partial charge on any atom is -0.353 e. The molecule has 0 radical (unpaired) electrons. The highest BCUT2D eigenvalue weighted by Crippen LogP contribution is 2.26. The molecule has 0 unspecified atom stereocenters. The Morgan fingerprint density at radius 3 is 2.76 bits per heavy atom. The van der Waals surface area contributed by atoms with Crippen LogP contribution in [0, 0.1) is 5.92 Å². The summed E-state index contributed by atoms with van der Waals surface area (Å²) in [6, 6.07) is 7.23. The summed E-state index contributed by atoms with van der Waals surface area (Å²) in [7, 11) is 0. The van der Waals surface area contributed by atoms with Gasteiger partial charge in [0.25, 0.3) is 5.91 Å². The molecule has 5 nitrogen and oxygen atoms in total. The predicted octanol–water partition coefficient (Wildman–Crippen LogP) is 2.66. The third-order valence-corrected chi connectivity index (χ3v) is 4.08. The summed E-state index contributed by atoms with van der Waals surface area (Å²) >= 11 is 0. The fraction of sp³-hybridized carbons (Fsp3) is 0.500. The number of carbonyl (C=O) groups excluding carboxylic acids is 2. The Morgan fingerprint density at radius 2 is 1.95 bits per heavy atom. The zero-order valence-electron chi connectivity index (χ0n) is 11.9. The van der Waals surface area contributed by atoms with Crippen LogP contribution in [0.1, 0.15) is 48.0 Å². The zero-order chi connectivity index (χ0) is 14.7. The van der Waals surface area contributed by atoms with Gasteiger partial charge in [-0.15, -0.1) is 5.06 Å². The topological polar surface area (TPSA) is 55.8 Å². The quantitative estimate of drug-likeness (QED) is 0.840. The fourth-order valence-electron chi connectivity index (χ4n) is 2.88. The summed E-state index contributed by atoms with van der Waals surface area (Å²) in [5.74, 6) is -0.719. The second kappa shape index (κ2) is 6.26. The van der Waals surface area contributed by atoms with E-state index < -0.39 is 0 Å². The van der Waals surface area contributed by atoms with Crippen molar-refractivity contribution in [2.24, 2.45) is 5.92 Å². The molecule has 0 aromatic heterocycles. The van der Waals surface area contributed by atoms with E-state index in [1.807, 2.05) is 12.1 Å². The van der Waals surface area contributed by atoms with Crippen LogP contribution in [0.4, 0.5) is 0 Å². The smallest absolute Gasteiger partial charge is 0.335 e. The van der Waals surface area contributed by atoms with Gasteiger partial charge in [0, 0.05) is 5.56 Å². The Balaban J connectivity index is 1.70. The largest absolute Gasteiger partial charge is 0.353 e. The van der Waals surface area contributed by atoms with Crippen LogP contribution in [0.25, 0.3) is 0 Å². The average molecular weight is 289 g/mol.